The number of para-hydroxylation sites is 1. The average molecular weight is 426 g/mol. The molecule has 1 amide bonds. The van der Waals surface area contributed by atoms with Gasteiger partial charge in [0.1, 0.15) is 9.88 Å². The van der Waals surface area contributed by atoms with Crippen LogP contribution in [0, 0.1) is 6.92 Å². The van der Waals surface area contributed by atoms with Gasteiger partial charge in [-0.3, -0.25) is 4.79 Å². The number of thiazole rings is 2. The Hall–Kier alpha value is -2.09. The third kappa shape index (κ3) is 3.27. The molecule has 1 aliphatic rings. The number of nitrogens with zero attached hydrogens (tertiary/aromatic N) is 3. The molecule has 0 aliphatic carbocycles. The summed E-state index contributed by atoms with van der Waals surface area (Å²) >= 11 is 4.97. The van der Waals surface area contributed by atoms with Gasteiger partial charge < -0.3 is 4.90 Å². The second-order valence-corrected chi connectivity index (χ2v) is 10.0. The van der Waals surface area contributed by atoms with E-state index in [1.165, 1.54) is 21.0 Å². The van der Waals surface area contributed by atoms with Crippen LogP contribution in [0.3, 0.4) is 0 Å². The number of carbonyl (C=O) groups is 1. The van der Waals surface area contributed by atoms with Crippen LogP contribution >= 0.6 is 34.0 Å². The maximum Gasteiger partial charge on any atom is 0.265 e. The van der Waals surface area contributed by atoms with Crippen LogP contribution in [0.1, 0.15) is 39.1 Å². The van der Waals surface area contributed by atoms with Gasteiger partial charge in [0, 0.05) is 19.0 Å². The van der Waals surface area contributed by atoms with Crippen molar-refractivity contribution in [1.29, 1.82) is 0 Å². The molecule has 0 spiro atoms. The molecule has 4 nitrogen and oxygen atoms in total. The molecule has 142 valence electrons. The minimum atomic E-state index is 0.126. The molecule has 4 heterocycles. The zero-order valence-corrected chi connectivity index (χ0v) is 17.9. The highest BCUT2D eigenvalue weighted by molar-refractivity contribution is 7.22. The van der Waals surface area contributed by atoms with Gasteiger partial charge in [-0.15, -0.1) is 34.0 Å². The number of hydrogen-bond donors (Lipinski definition) is 0. The first-order valence-electron chi connectivity index (χ1n) is 9.35. The molecular formula is C21H19N3OS3. The lowest BCUT2D eigenvalue weighted by atomic mass is 9.97. The summed E-state index contributed by atoms with van der Waals surface area (Å²) in [5.74, 6) is 0.575. The summed E-state index contributed by atoms with van der Waals surface area (Å²) in [6.07, 6.45) is 1.95. The third-order valence-electron chi connectivity index (χ3n) is 5.16. The topological polar surface area (TPSA) is 46.1 Å². The van der Waals surface area contributed by atoms with E-state index in [4.69, 9.17) is 4.98 Å². The predicted octanol–water partition coefficient (Wildman–Crippen LogP) is 5.81. The van der Waals surface area contributed by atoms with Gasteiger partial charge in [-0.25, -0.2) is 9.97 Å². The molecule has 3 aromatic heterocycles. The minimum Gasteiger partial charge on any atom is -0.338 e. The van der Waals surface area contributed by atoms with E-state index in [0.717, 1.165) is 51.9 Å². The van der Waals surface area contributed by atoms with Crippen LogP contribution in [0.5, 0.6) is 0 Å². The van der Waals surface area contributed by atoms with E-state index in [-0.39, 0.29) is 5.91 Å². The van der Waals surface area contributed by atoms with Crippen molar-refractivity contribution in [3.8, 4) is 9.88 Å². The zero-order chi connectivity index (χ0) is 19.1. The number of likely N-dealkylation sites (tertiary alicyclic amines) is 1. The Kier molecular flexibility index (Phi) is 4.74. The molecule has 0 radical (unpaired) electrons. The van der Waals surface area contributed by atoms with Crippen LogP contribution in [0.25, 0.3) is 20.1 Å². The number of thiophene rings is 1. The highest BCUT2D eigenvalue weighted by Crippen LogP contribution is 2.36. The Morgan fingerprint density at radius 2 is 1.89 bits per heavy atom. The molecule has 4 aromatic rings. The van der Waals surface area contributed by atoms with Crippen molar-refractivity contribution in [3.05, 3.63) is 57.4 Å². The first-order valence-corrected chi connectivity index (χ1v) is 11.9. The molecule has 1 fully saturated rings. The quantitative estimate of drug-likeness (QED) is 0.416. The van der Waals surface area contributed by atoms with E-state index in [1.807, 2.05) is 29.3 Å². The molecule has 5 rings (SSSR count). The lowest BCUT2D eigenvalue weighted by Crippen LogP contribution is -2.37. The normalized spacial score (nSPS) is 15.4. The molecule has 28 heavy (non-hydrogen) atoms. The maximum absolute atomic E-state index is 13.1. The molecule has 1 aliphatic heterocycles. The number of fused-ring (bicyclic) bond motifs is 1. The monoisotopic (exact) mass is 425 g/mol. The van der Waals surface area contributed by atoms with Crippen molar-refractivity contribution in [2.24, 2.45) is 0 Å². The van der Waals surface area contributed by atoms with Gasteiger partial charge in [-0.1, -0.05) is 18.2 Å². The smallest absolute Gasteiger partial charge is 0.265 e. The standard InChI is InChI=1S/C21H19N3OS3/c1-13-18(28-20(22-13)17-7-4-12-26-17)21(25)24-10-8-14(9-11-24)19-23-15-5-2-3-6-16(15)27-19/h2-7,12,14H,8-11H2,1H3. The summed E-state index contributed by atoms with van der Waals surface area (Å²) in [7, 11) is 0. The van der Waals surface area contributed by atoms with Crippen LogP contribution in [-0.2, 0) is 0 Å². The molecule has 0 atom stereocenters. The molecule has 0 bridgehead atoms. The van der Waals surface area contributed by atoms with Gasteiger partial charge >= 0.3 is 0 Å². The molecule has 0 saturated carbocycles. The van der Waals surface area contributed by atoms with Gasteiger partial charge in [0.05, 0.1) is 25.8 Å². The highest BCUT2D eigenvalue weighted by atomic mass is 32.1. The summed E-state index contributed by atoms with van der Waals surface area (Å²) in [4.78, 5) is 26.4. The van der Waals surface area contributed by atoms with Gasteiger partial charge in [-0.2, -0.15) is 0 Å². The zero-order valence-electron chi connectivity index (χ0n) is 15.4. The van der Waals surface area contributed by atoms with Crippen molar-refractivity contribution in [1.82, 2.24) is 14.9 Å². The number of aromatic nitrogens is 2. The Morgan fingerprint density at radius 1 is 1.07 bits per heavy atom. The fraction of sp³-hybridized carbons (Fsp3) is 0.286. The number of carbonyl (C=O) groups excluding carboxylic acids is 1. The fourth-order valence-electron chi connectivity index (χ4n) is 3.64. The van der Waals surface area contributed by atoms with Crippen LogP contribution in [0.15, 0.2) is 41.8 Å². The van der Waals surface area contributed by atoms with E-state index < -0.39 is 0 Å². The van der Waals surface area contributed by atoms with Crippen molar-refractivity contribution < 1.29 is 4.79 Å². The van der Waals surface area contributed by atoms with Gasteiger partial charge in [0.25, 0.3) is 5.91 Å². The van der Waals surface area contributed by atoms with E-state index in [0.29, 0.717) is 5.92 Å². The molecule has 7 heteroatoms. The van der Waals surface area contributed by atoms with E-state index in [2.05, 4.69) is 29.2 Å². The van der Waals surface area contributed by atoms with Gasteiger partial charge in [0.2, 0.25) is 0 Å². The van der Waals surface area contributed by atoms with E-state index in [1.54, 1.807) is 22.7 Å². The number of amides is 1. The Balaban J connectivity index is 1.29. The van der Waals surface area contributed by atoms with E-state index >= 15 is 0 Å². The number of aryl methyl sites for hydroxylation is 1. The molecule has 1 saturated heterocycles. The largest absolute Gasteiger partial charge is 0.338 e. The van der Waals surface area contributed by atoms with Crippen LogP contribution in [0.2, 0.25) is 0 Å². The summed E-state index contributed by atoms with van der Waals surface area (Å²) in [5.41, 5.74) is 1.93. The van der Waals surface area contributed by atoms with Crippen LogP contribution in [0.4, 0.5) is 0 Å². The Bertz CT molecular complexity index is 1090. The minimum absolute atomic E-state index is 0.126. The Morgan fingerprint density at radius 3 is 2.64 bits per heavy atom. The number of rotatable bonds is 3. The van der Waals surface area contributed by atoms with Crippen molar-refractivity contribution in [2.75, 3.05) is 13.1 Å². The second kappa shape index (κ2) is 7.39. The first kappa shape index (κ1) is 18.0. The SMILES string of the molecule is Cc1nc(-c2cccs2)sc1C(=O)N1CCC(c2nc3ccccc3s2)CC1. The molecule has 0 N–H and O–H groups in total. The van der Waals surface area contributed by atoms with Gasteiger partial charge in [-0.05, 0) is 43.3 Å². The number of benzene rings is 1. The summed E-state index contributed by atoms with van der Waals surface area (Å²) in [6.45, 7) is 3.50. The van der Waals surface area contributed by atoms with Gasteiger partial charge in [0.15, 0.2) is 0 Å². The third-order valence-corrected chi connectivity index (χ3v) is 8.55. The van der Waals surface area contributed by atoms with Crippen LogP contribution < -0.4 is 0 Å². The molecule has 0 unspecified atom stereocenters. The number of piperidine rings is 1. The highest BCUT2D eigenvalue weighted by Gasteiger charge is 2.28. The summed E-state index contributed by atoms with van der Waals surface area (Å²) < 4.78 is 1.25. The second-order valence-electron chi connectivity index (χ2n) is 7.00. The summed E-state index contributed by atoms with van der Waals surface area (Å²) in [5, 5.41) is 4.20. The van der Waals surface area contributed by atoms with Crippen molar-refractivity contribution in [3.63, 3.8) is 0 Å². The first-order chi connectivity index (χ1) is 13.7. The van der Waals surface area contributed by atoms with Crippen molar-refractivity contribution in [2.45, 2.75) is 25.7 Å². The molecular weight excluding hydrogens is 406 g/mol. The fourth-order valence-corrected chi connectivity index (χ4v) is 6.61. The molecule has 1 aromatic carbocycles. The van der Waals surface area contributed by atoms with E-state index in [9.17, 15) is 4.79 Å². The maximum atomic E-state index is 13.1. The van der Waals surface area contributed by atoms with Crippen molar-refractivity contribution >= 4 is 50.1 Å². The Labute approximate surface area is 175 Å². The number of hydrogen-bond acceptors (Lipinski definition) is 6. The summed E-state index contributed by atoms with van der Waals surface area (Å²) in [6, 6.07) is 12.4. The predicted molar refractivity (Wildman–Crippen MR) is 118 cm³/mol. The lowest BCUT2D eigenvalue weighted by molar-refractivity contribution is 0.0717. The lowest BCUT2D eigenvalue weighted by Gasteiger charge is -2.30. The van der Waals surface area contributed by atoms with Crippen LogP contribution in [-0.4, -0.2) is 33.9 Å². The average Bonchev–Trinajstić information content (AvgIpc) is 3.46.